The van der Waals surface area contributed by atoms with Crippen LogP contribution in [0.3, 0.4) is 0 Å². The highest BCUT2D eigenvalue weighted by Gasteiger charge is 1.99. The molecule has 0 bridgehead atoms. The molecule has 2 aromatic rings. The number of fused-ring (bicyclic) bond motifs is 1. The Morgan fingerprint density at radius 1 is 1.33 bits per heavy atom. The highest BCUT2D eigenvalue weighted by molar-refractivity contribution is 7.80. The molecule has 1 heterocycles. The second kappa shape index (κ2) is 5.19. The fourth-order valence-corrected chi connectivity index (χ4v) is 1.65. The number of benzene rings is 1. The van der Waals surface area contributed by atoms with Crippen LogP contribution in [0.15, 0.2) is 29.0 Å². The number of aromatic nitrogens is 1. The minimum absolute atomic E-state index is 0.863. The van der Waals surface area contributed by atoms with Crippen molar-refractivity contribution in [2.45, 2.75) is 6.42 Å². The molecule has 0 fully saturated rings. The molecule has 15 heavy (non-hydrogen) atoms. The molecular formula is C11H14N2OS. The molecule has 0 amide bonds. The summed E-state index contributed by atoms with van der Waals surface area (Å²) in [5.41, 5.74) is 3.05. The van der Waals surface area contributed by atoms with E-state index < -0.39 is 0 Å². The van der Waals surface area contributed by atoms with E-state index in [0.717, 1.165) is 36.4 Å². The highest BCUT2D eigenvalue weighted by atomic mass is 32.1. The van der Waals surface area contributed by atoms with Crippen LogP contribution in [-0.2, 0) is 6.42 Å². The summed E-state index contributed by atoms with van der Waals surface area (Å²) >= 11 is 4.13. The Morgan fingerprint density at radius 2 is 2.27 bits per heavy atom. The summed E-state index contributed by atoms with van der Waals surface area (Å²) in [5, 5.41) is 3.30. The predicted octanol–water partition coefficient (Wildman–Crippen LogP) is 1.89. The van der Waals surface area contributed by atoms with E-state index in [9.17, 15) is 0 Å². The number of hydrogen-bond acceptors (Lipinski definition) is 4. The lowest BCUT2D eigenvalue weighted by molar-refractivity contribution is 0.601. The van der Waals surface area contributed by atoms with E-state index in [1.807, 2.05) is 12.1 Å². The van der Waals surface area contributed by atoms with Gasteiger partial charge in [0, 0.05) is 12.3 Å². The van der Waals surface area contributed by atoms with Crippen molar-refractivity contribution in [3.8, 4) is 0 Å². The molecule has 1 N–H and O–H groups in total. The molecule has 0 saturated heterocycles. The van der Waals surface area contributed by atoms with Crippen LogP contribution in [-0.4, -0.2) is 23.8 Å². The van der Waals surface area contributed by atoms with Crippen molar-refractivity contribution in [3.63, 3.8) is 0 Å². The van der Waals surface area contributed by atoms with Crippen molar-refractivity contribution >= 4 is 23.7 Å². The Bertz CT molecular complexity index is 427. The molecule has 0 unspecified atom stereocenters. The lowest BCUT2D eigenvalue weighted by atomic mass is 10.1. The van der Waals surface area contributed by atoms with Crippen molar-refractivity contribution < 1.29 is 4.42 Å². The summed E-state index contributed by atoms with van der Waals surface area (Å²) in [6.45, 7) is 1.92. The van der Waals surface area contributed by atoms with Gasteiger partial charge in [0.2, 0.25) is 0 Å². The van der Waals surface area contributed by atoms with Crippen molar-refractivity contribution in [1.29, 1.82) is 0 Å². The van der Waals surface area contributed by atoms with Crippen molar-refractivity contribution in [2.24, 2.45) is 0 Å². The fraction of sp³-hybridized carbons (Fsp3) is 0.364. The predicted molar refractivity (Wildman–Crippen MR) is 64.4 cm³/mol. The molecule has 4 heteroatoms. The second-order valence-corrected chi connectivity index (χ2v) is 3.83. The maximum Gasteiger partial charge on any atom is 0.181 e. The summed E-state index contributed by atoms with van der Waals surface area (Å²) < 4.78 is 5.24. The van der Waals surface area contributed by atoms with Gasteiger partial charge in [-0.15, -0.1) is 0 Å². The molecule has 0 aliphatic carbocycles. The average Bonchev–Trinajstić information content (AvgIpc) is 2.71. The van der Waals surface area contributed by atoms with Gasteiger partial charge in [-0.05, 0) is 30.7 Å². The first-order valence-corrected chi connectivity index (χ1v) is 5.67. The van der Waals surface area contributed by atoms with Gasteiger partial charge in [0.25, 0.3) is 0 Å². The highest BCUT2D eigenvalue weighted by Crippen LogP contribution is 2.14. The minimum Gasteiger partial charge on any atom is -0.443 e. The van der Waals surface area contributed by atoms with Crippen LogP contribution in [0.2, 0.25) is 0 Å². The maximum absolute atomic E-state index is 5.24. The Balaban J connectivity index is 1.96. The van der Waals surface area contributed by atoms with Gasteiger partial charge in [-0.2, -0.15) is 12.6 Å². The van der Waals surface area contributed by atoms with Crippen LogP contribution in [0, 0.1) is 0 Å². The lowest BCUT2D eigenvalue weighted by Gasteiger charge is -2.02. The fourth-order valence-electron chi connectivity index (χ4n) is 1.49. The van der Waals surface area contributed by atoms with E-state index in [1.54, 1.807) is 0 Å². The monoisotopic (exact) mass is 222 g/mol. The van der Waals surface area contributed by atoms with Gasteiger partial charge in [0.05, 0.1) is 0 Å². The summed E-state index contributed by atoms with van der Waals surface area (Å²) in [6.07, 6.45) is 2.48. The smallest absolute Gasteiger partial charge is 0.181 e. The zero-order chi connectivity index (χ0) is 10.5. The topological polar surface area (TPSA) is 38.1 Å². The molecular weight excluding hydrogens is 208 g/mol. The van der Waals surface area contributed by atoms with E-state index in [-0.39, 0.29) is 0 Å². The summed E-state index contributed by atoms with van der Waals surface area (Å²) in [7, 11) is 0. The van der Waals surface area contributed by atoms with Gasteiger partial charge < -0.3 is 9.73 Å². The van der Waals surface area contributed by atoms with Gasteiger partial charge >= 0.3 is 0 Å². The lowest BCUT2D eigenvalue weighted by Crippen LogP contribution is -2.19. The molecule has 0 spiro atoms. The molecule has 0 aliphatic rings. The van der Waals surface area contributed by atoms with E-state index in [4.69, 9.17) is 4.42 Å². The molecule has 0 radical (unpaired) electrons. The molecule has 0 atom stereocenters. The van der Waals surface area contributed by atoms with Gasteiger partial charge in [0.1, 0.15) is 5.52 Å². The Labute approximate surface area is 94.3 Å². The van der Waals surface area contributed by atoms with Crippen LogP contribution < -0.4 is 5.32 Å². The zero-order valence-electron chi connectivity index (χ0n) is 8.44. The average molecular weight is 222 g/mol. The van der Waals surface area contributed by atoms with Crippen molar-refractivity contribution in [2.75, 3.05) is 18.8 Å². The van der Waals surface area contributed by atoms with Gasteiger partial charge in [-0.25, -0.2) is 4.98 Å². The van der Waals surface area contributed by atoms with Crippen LogP contribution in [0.5, 0.6) is 0 Å². The third kappa shape index (κ3) is 2.73. The molecule has 80 valence electrons. The van der Waals surface area contributed by atoms with Crippen LogP contribution in [0.25, 0.3) is 11.1 Å². The molecule has 1 aromatic heterocycles. The van der Waals surface area contributed by atoms with E-state index in [2.05, 4.69) is 29.0 Å². The van der Waals surface area contributed by atoms with Crippen molar-refractivity contribution in [3.05, 3.63) is 30.2 Å². The summed E-state index contributed by atoms with van der Waals surface area (Å²) in [6, 6.07) is 6.13. The molecule has 3 nitrogen and oxygen atoms in total. The zero-order valence-corrected chi connectivity index (χ0v) is 9.33. The largest absolute Gasteiger partial charge is 0.443 e. The number of oxazole rings is 1. The summed E-state index contributed by atoms with van der Waals surface area (Å²) in [4.78, 5) is 4.08. The Hall–Kier alpha value is -1.00. The van der Waals surface area contributed by atoms with Crippen LogP contribution in [0.4, 0.5) is 0 Å². The molecule has 0 aliphatic heterocycles. The number of rotatable bonds is 5. The minimum atomic E-state index is 0.863. The van der Waals surface area contributed by atoms with Gasteiger partial charge in [-0.3, -0.25) is 0 Å². The van der Waals surface area contributed by atoms with Gasteiger partial charge in [0.15, 0.2) is 12.0 Å². The first-order chi connectivity index (χ1) is 7.40. The summed E-state index contributed by atoms with van der Waals surface area (Å²) in [5.74, 6) is 0.876. The first-order valence-electron chi connectivity index (χ1n) is 5.04. The number of nitrogens with one attached hydrogen (secondary N) is 1. The normalized spacial score (nSPS) is 11.0. The van der Waals surface area contributed by atoms with Crippen molar-refractivity contribution in [1.82, 2.24) is 10.3 Å². The molecule has 1 aromatic carbocycles. The Kier molecular flexibility index (Phi) is 3.64. The first kappa shape index (κ1) is 10.5. The van der Waals surface area contributed by atoms with E-state index in [0.29, 0.717) is 0 Å². The Morgan fingerprint density at radius 3 is 3.13 bits per heavy atom. The third-order valence-corrected chi connectivity index (χ3v) is 2.50. The number of thiol groups is 1. The van der Waals surface area contributed by atoms with Crippen LogP contribution in [0.1, 0.15) is 5.56 Å². The quantitative estimate of drug-likeness (QED) is 0.599. The standard InChI is InChI=1S/C11H14N2OS/c15-6-5-12-4-3-9-1-2-10-11(7-9)14-8-13-10/h1-2,7-8,12,15H,3-6H2. The van der Waals surface area contributed by atoms with Gasteiger partial charge in [-0.1, -0.05) is 6.07 Å². The van der Waals surface area contributed by atoms with E-state index >= 15 is 0 Å². The number of nitrogens with zero attached hydrogens (tertiary/aromatic N) is 1. The number of hydrogen-bond donors (Lipinski definition) is 2. The molecule has 0 saturated carbocycles. The molecule has 2 rings (SSSR count). The van der Waals surface area contributed by atoms with E-state index in [1.165, 1.54) is 12.0 Å². The second-order valence-electron chi connectivity index (χ2n) is 3.38. The maximum atomic E-state index is 5.24. The van der Waals surface area contributed by atoms with Crippen LogP contribution >= 0.6 is 12.6 Å². The third-order valence-electron chi connectivity index (χ3n) is 2.27. The SMILES string of the molecule is SCCNCCc1ccc2ncoc2c1.